The zero-order valence-electron chi connectivity index (χ0n) is 44.3. The number of fused-ring (bicyclic) bond motifs is 1. The van der Waals surface area contributed by atoms with Crippen LogP contribution in [-0.4, -0.2) is 70.1 Å². The van der Waals surface area contributed by atoms with Crippen LogP contribution in [0.3, 0.4) is 0 Å². The van der Waals surface area contributed by atoms with Crippen LogP contribution in [0, 0.1) is 18.8 Å². The summed E-state index contributed by atoms with van der Waals surface area (Å²) < 4.78 is 44.5. The Morgan fingerprint density at radius 3 is 1.49 bits per heavy atom. The van der Waals surface area contributed by atoms with Gasteiger partial charge in [0.1, 0.15) is 34.3 Å². The lowest BCUT2D eigenvalue weighted by molar-refractivity contribution is -0.138. The second-order valence-corrected chi connectivity index (χ2v) is 17.7. The monoisotopic (exact) mass is 1020 g/mol. The lowest BCUT2D eigenvalue weighted by atomic mass is 10.1. The van der Waals surface area contributed by atoms with Gasteiger partial charge in [0.25, 0.3) is 0 Å². The van der Waals surface area contributed by atoms with Gasteiger partial charge in [0.05, 0.1) is 51.8 Å². The minimum atomic E-state index is -0.559. The van der Waals surface area contributed by atoms with Gasteiger partial charge in [0, 0.05) is 17.7 Å². The van der Waals surface area contributed by atoms with E-state index >= 15 is 0 Å². The summed E-state index contributed by atoms with van der Waals surface area (Å²) in [5.41, 5.74) is 2.80. The predicted molar refractivity (Wildman–Crippen MR) is 295 cm³/mol. The molecule has 400 valence electrons. The van der Waals surface area contributed by atoms with E-state index in [0.29, 0.717) is 63.3 Å². The molecule has 0 fully saturated rings. The van der Waals surface area contributed by atoms with Gasteiger partial charge in [-0.15, -0.1) is 5.92 Å². The second-order valence-electron chi connectivity index (χ2n) is 17.7. The summed E-state index contributed by atoms with van der Waals surface area (Å²) in [7, 11) is 0. The normalized spacial score (nSPS) is 10.4. The number of aryl methyl sites for hydroxylation is 1. The molecule has 0 atom stereocenters. The Morgan fingerprint density at radius 2 is 0.933 bits per heavy atom. The number of unbranched alkanes of at least 4 members (excludes halogenated alkanes) is 11. The minimum absolute atomic E-state index is 0.219. The fourth-order valence-corrected chi connectivity index (χ4v) is 7.36. The van der Waals surface area contributed by atoms with Crippen molar-refractivity contribution >= 4 is 34.6 Å². The molecule has 12 nitrogen and oxygen atoms in total. The van der Waals surface area contributed by atoms with Crippen molar-refractivity contribution in [1.29, 1.82) is 0 Å². The maximum absolute atomic E-state index is 13.0. The molecule has 0 saturated carbocycles. The first-order valence-electron chi connectivity index (χ1n) is 26.4. The summed E-state index contributed by atoms with van der Waals surface area (Å²) in [5, 5.41) is 2.32. The summed E-state index contributed by atoms with van der Waals surface area (Å²) in [5.74, 6) is 7.19. The summed E-state index contributed by atoms with van der Waals surface area (Å²) in [4.78, 5) is 47.9. The molecule has 5 aromatic rings. The van der Waals surface area contributed by atoms with Crippen LogP contribution in [0.1, 0.15) is 142 Å². The molecule has 0 heterocycles. The molecule has 12 heteroatoms. The fraction of sp³-hybridized carbons (Fsp3) is 0.397. The Kier molecular flexibility index (Phi) is 29.1. The van der Waals surface area contributed by atoms with Crippen molar-refractivity contribution in [3.63, 3.8) is 0 Å². The average Bonchev–Trinajstić information content (AvgIpc) is 3.43. The van der Waals surface area contributed by atoms with Crippen LogP contribution in [0.5, 0.6) is 28.7 Å². The number of esters is 4. The molecule has 0 unspecified atom stereocenters. The molecule has 0 aliphatic carbocycles. The lowest BCUT2D eigenvalue weighted by Crippen LogP contribution is -2.12. The Labute approximate surface area is 444 Å². The van der Waals surface area contributed by atoms with Crippen molar-refractivity contribution in [2.45, 2.75) is 117 Å². The molecular formula is C63H76O12. The molecule has 0 spiro atoms. The Balaban J connectivity index is 0.000000406. The first-order valence-corrected chi connectivity index (χ1v) is 26.4. The van der Waals surface area contributed by atoms with Crippen LogP contribution in [0.15, 0.2) is 128 Å². The molecular weight excluding hydrogens is 949 g/mol. The molecule has 0 saturated heterocycles. The zero-order valence-corrected chi connectivity index (χ0v) is 44.3. The molecule has 5 rings (SSSR count). The van der Waals surface area contributed by atoms with Crippen molar-refractivity contribution in [2.24, 2.45) is 0 Å². The smallest absolute Gasteiger partial charge is 0.343 e. The maximum atomic E-state index is 13.0. The third-order valence-corrected chi connectivity index (χ3v) is 11.6. The van der Waals surface area contributed by atoms with Gasteiger partial charge in [0.2, 0.25) is 0 Å². The van der Waals surface area contributed by atoms with E-state index in [1.54, 1.807) is 36.4 Å². The molecule has 0 aliphatic rings. The van der Waals surface area contributed by atoms with Crippen LogP contribution < -0.4 is 23.7 Å². The van der Waals surface area contributed by atoms with Crippen LogP contribution in [0.4, 0.5) is 0 Å². The lowest BCUT2D eigenvalue weighted by Gasteiger charge is -2.13. The van der Waals surface area contributed by atoms with Crippen molar-refractivity contribution in [3.05, 3.63) is 151 Å². The van der Waals surface area contributed by atoms with Gasteiger partial charge in [-0.2, -0.15) is 0 Å². The van der Waals surface area contributed by atoms with Crippen molar-refractivity contribution < 1.29 is 57.1 Å². The SMILES string of the molecule is C=CC(=O)OCCCCCCOc1ccc(C(=O)Oc2ccc(OCCCCCCOc3ccc(C)cc3)c(C(=O)OCCCCC)c2)cc1.C=CC(=O)OCCCCCCOc1ccc2cc(C#CC)ccc2c1. The summed E-state index contributed by atoms with van der Waals surface area (Å²) in [6.45, 7) is 16.2. The van der Waals surface area contributed by atoms with E-state index in [2.05, 4.69) is 63.1 Å². The van der Waals surface area contributed by atoms with Gasteiger partial charge in [0.15, 0.2) is 0 Å². The van der Waals surface area contributed by atoms with Crippen molar-refractivity contribution in [3.8, 4) is 40.6 Å². The van der Waals surface area contributed by atoms with Gasteiger partial charge in [-0.3, -0.25) is 0 Å². The summed E-state index contributed by atoms with van der Waals surface area (Å²) in [6, 6.07) is 31.9. The Morgan fingerprint density at radius 1 is 0.467 bits per heavy atom. The van der Waals surface area contributed by atoms with Gasteiger partial charge < -0.3 is 37.9 Å². The number of hydrogen-bond donors (Lipinski definition) is 0. The molecule has 0 bridgehead atoms. The van der Waals surface area contributed by atoms with Crippen LogP contribution >= 0.6 is 0 Å². The van der Waals surface area contributed by atoms with E-state index in [-0.39, 0.29) is 17.3 Å². The number of rotatable bonds is 34. The number of hydrogen-bond acceptors (Lipinski definition) is 12. The molecule has 5 aromatic carbocycles. The minimum Gasteiger partial charge on any atom is -0.494 e. The highest BCUT2D eigenvalue weighted by Gasteiger charge is 2.18. The van der Waals surface area contributed by atoms with Crippen LogP contribution in [-0.2, 0) is 23.8 Å². The van der Waals surface area contributed by atoms with E-state index in [0.717, 1.165) is 125 Å². The third kappa shape index (κ3) is 24.8. The van der Waals surface area contributed by atoms with Crippen LogP contribution in [0.25, 0.3) is 10.8 Å². The molecule has 75 heavy (non-hydrogen) atoms. The third-order valence-electron chi connectivity index (χ3n) is 11.6. The standard InChI is InChI=1S/C41H52O9.C22H24O3/c1-4-6-11-30-49-41(44)37-31-36(24-25-38(37)47-28-14-9-7-12-26-45-34-20-16-32(3)17-21-34)50-40(43)33-18-22-35(23-19-33)46-27-13-8-10-15-29-48-39(42)5-2;1-3-9-18-10-11-20-17-21(13-12-19(20)16-18)24-14-7-5-6-8-15-25-22(23)4-2/h5,16-25,31H,2,4,6-15,26-30H2,1,3H3;4,10-13,16-17H,2,5-8,14-15H2,1H3. The molecule has 0 amide bonds. The molecule has 0 radical (unpaired) electrons. The Hall–Kier alpha value is -7.52. The second kappa shape index (κ2) is 36.4. The maximum Gasteiger partial charge on any atom is 0.343 e. The quantitative estimate of drug-likeness (QED) is 0.00966. The van der Waals surface area contributed by atoms with Gasteiger partial charge in [-0.1, -0.05) is 68.7 Å². The topological polar surface area (TPSA) is 142 Å². The number of carbonyl (C=O) groups excluding carboxylic acids is 4. The van der Waals surface area contributed by atoms with Crippen molar-refractivity contribution in [2.75, 3.05) is 46.2 Å². The molecule has 0 aliphatic heterocycles. The Bertz CT molecular complexity index is 2570. The first-order chi connectivity index (χ1) is 36.6. The van der Waals surface area contributed by atoms with E-state index in [4.69, 9.17) is 37.9 Å². The van der Waals surface area contributed by atoms with E-state index in [9.17, 15) is 19.2 Å². The van der Waals surface area contributed by atoms with E-state index in [1.165, 1.54) is 23.1 Å². The highest BCUT2D eigenvalue weighted by molar-refractivity contribution is 5.94. The fourth-order valence-electron chi connectivity index (χ4n) is 7.36. The predicted octanol–water partition coefficient (Wildman–Crippen LogP) is 14.1. The number of ether oxygens (including phenoxy) is 8. The number of carbonyl (C=O) groups is 4. The van der Waals surface area contributed by atoms with E-state index < -0.39 is 17.9 Å². The first kappa shape index (κ1) is 60.0. The zero-order chi connectivity index (χ0) is 53.7. The van der Waals surface area contributed by atoms with Crippen LogP contribution in [0.2, 0.25) is 0 Å². The van der Waals surface area contributed by atoms with Crippen molar-refractivity contribution in [1.82, 2.24) is 0 Å². The molecule has 0 N–H and O–H groups in total. The van der Waals surface area contributed by atoms with E-state index in [1.807, 2.05) is 43.3 Å². The highest BCUT2D eigenvalue weighted by atomic mass is 16.5. The van der Waals surface area contributed by atoms with Gasteiger partial charge in [-0.05, 0) is 187 Å². The number of benzene rings is 5. The average molecular weight is 1030 g/mol. The largest absolute Gasteiger partial charge is 0.494 e. The highest BCUT2D eigenvalue weighted by Crippen LogP contribution is 2.27. The van der Waals surface area contributed by atoms with Gasteiger partial charge >= 0.3 is 23.9 Å². The summed E-state index contributed by atoms with van der Waals surface area (Å²) >= 11 is 0. The van der Waals surface area contributed by atoms with Gasteiger partial charge in [-0.25, -0.2) is 19.2 Å². The molecule has 0 aromatic heterocycles. The summed E-state index contributed by atoms with van der Waals surface area (Å²) in [6.07, 6.45) is 16.3.